The van der Waals surface area contributed by atoms with Crippen LogP contribution in [0.1, 0.15) is 25.7 Å². The van der Waals surface area contributed by atoms with Gasteiger partial charge in [0.05, 0.1) is 0 Å². The second kappa shape index (κ2) is 2.51. The smallest absolute Gasteiger partial charge is 0.0122 e. The van der Waals surface area contributed by atoms with Gasteiger partial charge in [0.2, 0.25) is 0 Å². The van der Waals surface area contributed by atoms with Crippen LogP contribution in [0.4, 0.5) is 0 Å². The summed E-state index contributed by atoms with van der Waals surface area (Å²) >= 11 is 0. The van der Waals surface area contributed by atoms with Gasteiger partial charge in [0.15, 0.2) is 0 Å². The fourth-order valence-corrected chi connectivity index (χ4v) is 1.85. The highest BCUT2D eigenvalue weighted by atomic mass is 15.3. The average molecular weight is 140 g/mol. The van der Waals surface area contributed by atoms with Crippen LogP contribution in [0.5, 0.6) is 0 Å². The van der Waals surface area contributed by atoms with Crippen LogP contribution >= 0.6 is 0 Å². The molecule has 0 aromatic heterocycles. The second-order valence-electron chi connectivity index (χ2n) is 3.49. The van der Waals surface area contributed by atoms with E-state index in [1.54, 1.807) is 0 Å². The molecule has 0 aromatic carbocycles. The third-order valence-corrected chi connectivity index (χ3v) is 2.71. The SMILES string of the molecule is NCCC1CCN1C1CC1. The van der Waals surface area contributed by atoms with Crippen molar-refractivity contribution in [3.8, 4) is 0 Å². The van der Waals surface area contributed by atoms with Gasteiger partial charge in [0.1, 0.15) is 0 Å². The lowest BCUT2D eigenvalue weighted by Gasteiger charge is -2.41. The van der Waals surface area contributed by atoms with Crippen LogP contribution in [0.15, 0.2) is 0 Å². The number of nitrogens with zero attached hydrogens (tertiary/aromatic N) is 1. The maximum absolute atomic E-state index is 5.50. The summed E-state index contributed by atoms with van der Waals surface area (Å²) in [6.45, 7) is 2.21. The summed E-state index contributed by atoms with van der Waals surface area (Å²) in [5.41, 5.74) is 5.50. The standard InChI is InChI=1S/C8H16N2/c9-5-3-8-4-6-10(8)7-1-2-7/h7-8H,1-6,9H2. The van der Waals surface area contributed by atoms with Crippen molar-refractivity contribution >= 4 is 0 Å². The van der Waals surface area contributed by atoms with Crippen molar-refractivity contribution < 1.29 is 0 Å². The van der Waals surface area contributed by atoms with Gasteiger partial charge < -0.3 is 5.73 Å². The van der Waals surface area contributed by atoms with Crippen molar-refractivity contribution in [1.82, 2.24) is 4.90 Å². The molecule has 0 amide bonds. The molecule has 0 bridgehead atoms. The van der Waals surface area contributed by atoms with E-state index in [1.807, 2.05) is 0 Å². The van der Waals surface area contributed by atoms with E-state index in [0.29, 0.717) is 0 Å². The van der Waals surface area contributed by atoms with E-state index in [2.05, 4.69) is 4.90 Å². The Morgan fingerprint density at radius 1 is 1.30 bits per heavy atom. The molecule has 1 heterocycles. The molecule has 58 valence electrons. The van der Waals surface area contributed by atoms with Crippen LogP contribution in [0.3, 0.4) is 0 Å². The Kier molecular flexibility index (Phi) is 1.66. The highest BCUT2D eigenvalue weighted by Crippen LogP contribution is 2.35. The molecule has 2 rings (SSSR count). The Morgan fingerprint density at radius 3 is 2.50 bits per heavy atom. The van der Waals surface area contributed by atoms with Gasteiger partial charge in [-0.05, 0) is 32.2 Å². The number of hydrogen-bond donors (Lipinski definition) is 1. The summed E-state index contributed by atoms with van der Waals surface area (Å²) in [7, 11) is 0. The van der Waals surface area contributed by atoms with Crippen molar-refractivity contribution in [1.29, 1.82) is 0 Å². The van der Waals surface area contributed by atoms with Gasteiger partial charge >= 0.3 is 0 Å². The molecule has 2 aliphatic rings. The summed E-state index contributed by atoms with van der Waals surface area (Å²) in [5.74, 6) is 0. The molecule has 1 aliphatic heterocycles. The second-order valence-corrected chi connectivity index (χ2v) is 3.49. The summed E-state index contributed by atoms with van der Waals surface area (Å²) in [4.78, 5) is 2.63. The topological polar surface area (TPSA) is 29.3 Å². The van der Waals surface area contributed by atoms with E-state index in [9.17, 15) is 0 Å². The van der Waals surface area contributed by atoms with Crippen molar-refractivity contribution in [3.63, 3.8) is 0 Å². The molecular formula is C8H16N2. The maximum Gasteiger partial charge on any atom is 0.0122 e. The monoisotopic (exact) mass is 140 g/mol. The van der Waals surface area contributed by atoms with Gasteiger partial charge in [-0.1, -0.05) is 0 Å². The normalized spacial score (nSPS) is 33.9. The van der Waals surface area contributed by atoms with Gasteiger partial charge in [-0.25, -0.2) is 0 Å². The van der Waals surface area contributed by atoms with E-state index >= 15 is 0 Å². The minimum absolute atomic E-state index is 0.859. The Morgan fingerprint density at radius 2 is 2.10 bits per heavy atom. The van der Waals surface area contributed by atoms with Gasteiger partial charge in [-0.15, -0.1) is 0 Å². The molecule has 1 saturated carbocycles. The third-order valence-electron chi connectivity index (χ3n) is 2.71. The molecule has 10 heavy (non-hydrogen) atoms. The Labute approximate surface area is 62.4 Å². The van der Waals surface area contributed by atoms with Crippen LogP contribution in [-0.2, 0) is 0 Å². The minimum atomic E-state index is 0.859. The molecular weight excluding hydrogens is 124 g/mol. The predicted octanol–water partition coefficient (Wildman–Crippen LogP) is 0.572. The van der Waals surface area contributed by atoms with Crippen LogP contribution in [0.2, 0.25) is 0 Å². The molecule has 0 spiro atoms. The molecule has 0 aromatic rings. The average Bonchev–Trinajstić information content (AvgIpc) is 2.64. The van der Waals surface area contributed by atoms with Crippen LogP contribution in [0.25, 0.3) is 0 Å². The largest absolute Gasteiger partial charge is 0.330 e. The summed E-state index contributed by atoms with van der Waals surface area (Å²) in [6, 6.07) is 1.82. The van der Waals surface area contributed by atoms with E-state index in [0.717, 1.165) is 18.6 Å². The highest BCUT2D eigenvalue weighted by molar-refractivity contribution is 4.94. The van der Waals surface area contributed by atoms with E-state index < -0.39 is 0 Å². The number of nitrogens with two attached hydrogens (primary N) is 1. The van der Waals surface area contributed by atoms with Gasteiger partial charge in [0.25, 0.3) is 0 Å². The molecule has 2 heteroatoms. The van der Waals surface area contributed by atoms with Crippen LogP contribution in [0, 0.1) is 0 Å². The number of likely N-dealkylation sites (tertiary alicyclic amines) is 1. The molecule has 1 saturated heterocycles. The van der Waals surface area contributed by atoms with Gasteiger partial charge in [-0.3, -0.25) is 4.90 Å². The molecule has 2 fully saturated rings. The van der Waals surface area contributed by atoms with Crippen LogP contribution in [-0.4, -0.2) is 30.1 Å². The Balaban J connectivity index is 1.76. The predicted molar refractivity (Wildman–Crippen MR) is 41.8 cm³/mol. The Bertz CT molecular complexity index is 120. The molecule has 2 N–H and O–H groups in total. The van der Waals surface area contributed by atoms with E-state index in [-0.39, 0.29) is 0 Å². The fourth-order valence-electron chi connectivity index (χ4n) is 1.85. The van der Waals surface area contributed by atoms with Crippen molar-refractivity contribution in [3.05, 3.63) is 0 Å². The zero-order chi connectivity index (χ0) is 6.97. The third kappa shape index (κ3) is 1.06. The first kappa shape index (κ1) is 6.62. The van der Waals surface area contributed by atoms with Gasteiger partial charge in [0, 0.05) is 18.6 Å². The molecule has 2 nitrogen and oxygen atoms in total. The zero-order valence-corrected chi connectivity index (χ0v) is 6.42. The Hall–Kier alpha value is -0.0800. The lowest BCUT2D eigenvalue weighted by atomic mass is 9.99. The minimum Gasteiger partial charge on any atom is -0.330 e. The highest BCUT2D eigenvalue weighted by Gasteiger charge is 2.38. The van der Waals surface area contributed by atoms with Crippen molar-refractivity contribution in [2.75, 3.05) is 13.1 Å². The quantitative estimate of drug-likeness (QED) is 0.621. The first-order valence-corrected chi connectivity index (χ1v) is 4.37. The molecule has 1 atom stereocenters. The summed E-state index contributed by atoms with van der Waals surface area (Å²) in [6.07, 6.45) is 5.51. The summed E-state index contributed by atoms with van der Waals surface area (Å²) < 4.78 is 0. The van der Waals surface area contributed by atoms with Crippen molar-refractivity contribution in [2.45, 2.75) is 37.8 Å². The lowest BCUT2D eigenvalue weighted by molar-refractivity contribution is 0.0766. The molecule has 1 unspecified atom stereocenters. The maximum atomic E-state index is 5.50. The summed E-state index contributed by atoms with van der Waals surface area (Å²) in [5, 5.41) is 0. The molecule has 1 aliphatic carbocycles. The number of hydrogen-bond acceptors (Lipinski definition) is 2. The van der Waals surface area contributed by atoms with Crippen molar-refractivity contribution in [2.24, 2.45) is 5.73 Å². The first-order valence-electron chi connectivity index (χ1n) is 4.37. The zero-order valence-electron chi connectivity index (χ0n) is 6.42. The number of rotatable bonds is 3. The van der Waals surface area contributed by atoms with E-state index in [1.165, 1.54) is 32.2 Å². The first-order chi connectivity index (χ1) is 4.92. The van der Waals surface area contributed by atoms with Gasteiger partial charge in [-0.2, -0.15) is 0 Å². The van der Waals surface area contributed by atoms with E-state index in [4.69, 9.17) is 5.73 Å². The fraction of sp³-hybridized carbons (Fsp3) is 1.00. The molecule has 0 radical (unpaired) electrons. The lowest BCUT2D eigenvalue weighted by Crippen LogP contribution is -2.49. The van der Waals surface area contributed by atoms with Crippen LogP contribution < -0.4 is 5.73 Å².